The van der Waals surface area contributed by atoms with Gasteiger partial charge in [0.15, 0.2) is 0 Å². The number of ether oxygens (including phenoxy) is 1. The minimum absolute atomic E-state index is 0.107. The van der Waals surface area contributed by atoms with Crippen LogP contribution in [0.4, 0.5) is 0 Å². The molecule has 1 N–H and O–H groups in total. The van der Waals surface area contributed by atoms with Crippen molar-refractivity contribution in [1.82, 2.24) is 4.90 Å². The lowest BCUT2D eigenvalue weighted by Crippen LogP contribution is -2.28. The molecule has 0 heterocycles. The van der Waals surface area contributed by atoms with Gasteiger partial charge in [-0.1, -0.05) is 11.6 Å². The monoisotopic (exact) mass is 411 g/mol. The second-order valence-corrected chi connectivity index (χ2v) is 6.05. The number of benzene rings is 1. The van der Waals surface area contributed by atoms with E-state index in [2.05, 4.69) is 22.6 Å². The molecule has 0 fully saturated rings. The zero-order valence-electron chi connectivity index (χ0n) is 11.7. The third-order valence-corrected chi connectivity index (χ3v) is 4.50. The van der Waals surface area contributed by atoms with E-state index in [-0.39, 0.29) is 12.5 Å². The van der Waals surface area contributed by atoms with Crippen molar-refractivity contribution in [2.75, 3.05) is 27.3 Å². The van der Waals surface area contributed by atoms with Gasteiger partial charge >= 0.3 is 0 Å². The lowest BCUT2D eigenvalue weighted by atomic mass is 10.1. The van der Waals surface area contributed by atoms with Gasteiger partial charge < -0.3 is 14.7 Å². The molecule has 0 aliphatic carbocycles. The largest absolute Gasteiger partial charge is 0.496 e. The summed E-state index contributed by atoms with van der Waals surface area (Å²) < 4.78 is 6.10. The normalized spacial score (nSPS) is 10.4. The van der Waals surface area contributed by atoms with Crippen LogP contribution in [0.3, 0.4) is 0 Å². The summed E-state index contributed by atoms with van der Waals surface area (Å²) in [6, 6.07) is 3.41. The van der Waals surface area contributed by atoms with Crippen LogP contribution in [0.1, 0.15) is 29.6 Å². The van der Waals surface area contributed by atoms with Crippen molar-refractivity contribution in [3.63, 3.8) is 0 Å². The zero-order chi connectivity index (χ0) is 15.1. The molecule has 20 heavy (non-hydrogen) atoms. The summed E-state index contributed by atoms with van der Waals surface area (Å²) in [6.07, 6.45) is 2.53. The molecule has 1 amide bonds. The lowest BCUT2D eigenvalue weighted by molar-refractivity contribution is 0.0789. The Bertz CT molecular complexity index is 468. The molecule has 1 rings (SSSR count). The number of unbranched alkanes of at least 4 members (excludes halogenated alkanes) is 2. The first-order valence-corrected chi connectivity index (χ1v) is 7.86. The summed E-state index contributed by atoms with van der Waals surface area (Å²) >= 11 is 8.18. The highest BCUT2D eigenvalue weighted by atomic mass is 127. The minimum atomic E-state index is -0.107. The molecule has 6 heteroatoms. The van der Waals surface area contributed by atoms with Crippen LogP contribution < -0.4 is 4.74 Å². The van der Waals surface area contributed by atoms with E-state index in [9.17, 15) is 4.79 Å². The minimum Gasteiger partial charge on any atom is -0.496 e. The number of carbonyl (C=O) groups excluding carboxylic acids is 1. The van der Waals surface area contributed by atoms with Crippen LogP contribution in [-0.2, 0) is 0 Å². The molecular weight excluding hydrogens is 393 g/mol. The molecule has 0 radical (unpaired) electrons. The number of hydrogen-bond donors (Lipinski definition) is 1. The summed E-state index contributed by atoms with van der Waals surface area (Å²) in [5.74, 6) is 0.426. The van der Waals surface area contributed by atoms with Gasteiger partial charge in [-0.2, -0.15) is 0 Å². The molecule has 0 saturated heterocycles. The predicted molar refractivity (Wildman–Crippen MR) is 88.6 cm³/mol. The van der Waals surface area contributed by atoms with Gasteiger partial charge in [-0.15, -0.1) is 0 Å². The smallest absolute Gasteiger partial charge is 0.257 e. The van der Waals surface area contributed by atoms with Crippen LogP contribution in [0, 0.1) is 3.57 Å². The average molecular weight is 412 g/mol. The van der Waals surface area contributed by atoms with E-state index in [4.69, 9.17) is 21.4 Å². The van der Waals surface area contributed by atoms with Gasteiger partial charge in [0.25, 0.3) is 5.91 Å². The van der Waals surface area contributed by atoms with E-state index in [0.29, 0.717) is 22.9 Å². The second-order valence-electron chi connectivity index (χ2n) is 4.48. The number of halogens is 2. The fraction of sp³-hybridized carbons (Fsp3) is 0.500. The molecule has 0 spiro atoms. The van der Waals surface area contributed by atoms with Crippen LogP contribution in [0.5, 0.6) is 5.75 Å². The van der Waals surface area contributed by atoms with Gasteiger partial charge in [0.05, 0.1) is 17.7 Å². The SMILES string of the molecule is COc1cc(I)c(Cl)cc1C(=O)N(C)CCCCCO. The predicted octanol–water partition coefficient (Wildman–Crippen LogP) is 3.19. The summed E-state index contributed by atoms with van der Waals surface area (Å²) in [4.78, 5) is 14.0. The van der Waals surface area contributed by atoms with E-state index in [1.165, 1.54) is 7.11 Å². The molecule has 0 bridgehead atoms. The number of aliphatic hydroxyl groups excluding tert-OH is 1. The zero-order valence-corrected chi connectivity index (χ0v) is 14.6. The van der Waals surface area contributed by atoms with Crippen LogP contribution in [0.15, 0.2) is 12.1 Å². The Morgan fingerprint density at radius 2 is 2.10 bits per heavy atom. The van der Waals surface area contributed by atoms with Crippen molar-refractivity contribution in [2.45, 2.75) is 19.3 Å². The standard InChI is InChI=1S/C14H19ClINO3/c1-17(6-4-3-5-7-18)14(19)10-8-11(15)12(16)9-13(10)20-2/h8-9,18H,3-7H2,1-2H3. The number of amides is 1. The number of methoxy groups -OCH3 is 1. The Labute approximate surface area is 138 Å². The molecule has 0 saturated carbocycles. The van der Waals surface area contributed by atoms with Crippen LogP contribution in [0.2, 0.25) is 5.02 Å². The van der Waals surface area contributed by atoms with Crippen molar-refractivity contribution in [2.24, 2.45) is 0 Å². The topological polar surface area (TPSA) is 49.8 Å². The Morgan fingerprint density at radius 1 is 1.40 bits per heavy atom. The van der Waals surface area contributed by atoms with E-state index in [1.807, 2.05) is 0 Å². The summed E-state index contributed by atoms with van der Waals surface area (Å²) in [5, 5.41) is 9.28. The lowest BCUT2D eigenvalue weighted by Gasteiger charge is -2.19. The van der Waals surface area contributed by atoms with Gasteiger partial charge in [-0.25, -0.2) is 0 Å². The van der Waals surface area contributed by atoms with Crippen molar-refractivity contribution in [1.29, 1.82) is 0 Å². The van der Waals surface area contributed by atoms with Gasteiger partial charge in [0, 0.05) is 23.8 Å². The number of nitrogens with zero attached hydrogens (tertiary/aromatic N) is 1. The highest BCUT2D eigenvalue weighted by Gasteiger charge is 2.18. The molecule has 0 aliphatic rings. The molecule has 0 aromatic heterocycles. The fourth-order valence-corrected chi connectivity index (χ4v) is 2.41. The maximum atomic E-state index is 12.4. The average Bonchev–Trinajstić information content (AvgIpc) is 2.45. The van der Waals surface area contributed by atoms with Gasteiger partial charge in [0.2, 0.25) is 0 Å². The first-order valence-electron chi connectivity index (χ1n) is 6.40. The Kier molecular flexibility index (Phi) is 7.61. The summed E-state index contributed by atoms with van der Waals surface area (Å²) in [7, 11) is 3.30. The van der Waals surface area contributed by atoms with Gasteiger partial charge in [0.1, 0.15) is 5.75 Å². The first kappa shape index (κ1) is 17.5. The van der Waals surface area contributed by atoms with Gasteiger partial charge in [-0.3, -0.25) is 4.79 Å². The van der Waals surface area contributed by atoms with Crippen molar-refractivity contribution in [3.8, 4) is 5.75 Å². The van der Waals surface area contributed by atoms with Crippen LogP contribution in [0.25, 0.3) is 0 Å². The molecule has 1 aromatic carbocycles. The second kappa shape index (κ2) is 8.69. The molecule has 4 nitrogen and oxygen atoms in total. The molecule has 0 unspecified atom stereocenters. The summed E-state index contributed by atoms with van der Waals surface area (Å²) in [6.45, 7) is 0.837. The Hall–Kier alpha value is -0.530. The van der Waals surface area contributed by atoms with Crippen LogP contribution in [-0.4, -0.2) is 43.2 Å². The fourth-order valence-electron chi connectivity index (χ4n) is 1.81. The first-order chi connectivity index (χ1) is 9.51. The maximum Gasteiger partial charge on any atom is 0.257 e. The molecular formula is C14H19ClINO3. The number of carbonyl (C=O) groups is 1. The Morgan fingerprint density at radius 3 is 2.70 bits per heavy atom. The van der Waals surface area contributed by atoms with Crippen molar-refractivity contribution in [3.05, 3.63) is 26.3 Å². The van der Waals surface area contributed by atoms with E-state index >= 15 is 0 Å². The van der Waals surface area contributed by atoms with E-state index in [1.54, 1.807) is 24.1 Å². The highest BCUT2D eigenvalue weighted by molar-refractivity contribution is 14.1. The highest BCUT2D eigenvalue weighted by Crippen LogP contribution is 2.29. The Balaban J connectivity index is 2.78. The molecule has 0 atom stereocenters. The summed E-state index contributed by atoms with van der Waals surface area (Å²) in [5.41, 5.74) is 0.475. The maximum absolute atomic E-state index is 12.4. The molecule has 112 valence electrons. The third-order valence-electron chi connectivity index (χ3n) is 2.97. The van der Waals surface area contributed by atoms with Crippen molar-refractivity contribution < 1.29 is 14.6 Å². The van der Waals surface area contributed by atoms with E-state index < -0.39 is 0 Å². The molecule has 1 aromatic rings. The third kappa shape index (κ3) is 4.79. The number of rotatable bonds is 7. The van der Waals surface area contributed by atoms with E-state index in [0.717, 1.165) is 22.8 Å². The number of aliphatic hydroxyl groups is 1. The quantitative estimate of drug-likeness (QED) is 0.554. The van der Waals surface area contributed by atoms with Crippen molar-refractivity contribution >= 4 is 40.1 Å². The van der Waals surface area contributed by atoms with Crippen LogP contribution >= 0.6 is 34.2 Å². The molecule has 0 aliphatic heterocycles. The number of hydrogen-bond acceptors (Lipinski definition) is 3. The van der Waals surface area contributed by atoms with Gasteiger partial charge in [-0.05, 0) is 54.0 Å².